The van der Waals surface area contributed by atoms with Crippen LogP contribution in [0.5, 0.6) is 5.75 Å². The van der Waals surface area contributed by atoms with Crippen molar-refractivity contribution in [3.05, 3.63) is 45.8 Å². The molecule has 0 unspecified atom stereocenters. The molecule has 1 aromatic carbocycles. The van der Waals surface area contributed by atoms with E-state index < -0.39 is 11.9 Å². The Morgan fingerprint density at radius 1 is 1.20 bits per heavy atom. The second kappa shape index (κ2) is 5.34. The highest BCUT2D eigenvalue weighted by Gasteiger charge is 2.17. The summed E-state index contributed by atoms with van der Waals surface area (Å²) in [5.74, 6) is -1.51. The summed E-state index contributed by atoms with van der Waals surface area (Å²) in [7, 11) is 0. The molecule has 0 saturated carbocycles. The first kappa shape index (κ1) is 14.1. The maximum Gasteiger partial charge on any atom is 0.338 e. The van der Waals surface area contributed by atoms with Crippen molar-refractivity contribution < 1.29 is 19.8 Å². The average molecular weight is 291 g/mol. The molecule has 0 aliphatic carbocycles. The monoisotopic (exact) mass is 291 g/mol. The van der Waals surface area contributed by atoms with Crippen molar-refractivity contribution in [1.29, 1.82) is 0 Å². The van der Waals surface area contributed by atoms with Gasteiger partial charge in [-0.05, 0) is 37.6 Å². The summed E-state index contributed by atoms with van der Waals surface area (Å²) in [5.41, 5.74) is 1.01. The van der Waals surface area contributed by atoms with Crippen LogP contribution in [0.25, 0.3) is 0 Å². The molecule has 104 valence electrons. The first-order chi connectivity index (χ1) is 9.38. The van der Waals surface area contributed by atoms with Gasteiger partial charge in [-0.2, -0.15) is 0 Å². The fourth-order valence-electron chi connectivity index (χ4n) is 1.69. The molecule has 0 fully saturated rings. The van der Waals surface area contributed by atoms with Gasteiger partial charge >= 0.3 is 5.97 Å². The van der Waals surface area contributed by atoms with Gasteiger partial charge in [-0.1, -0.05) is 6.07 Å². The first-order valence-corrected chi connectivity index (χ1v) is 6.65. The van der Waals surface area contributed by atoms with Gasteiger partial charge in [-0.15, -0.1) is 11.3 Å². The Kier molecular flexibility index (Phi) is 3.76. The lowest BCUT2D eigenvalue weighted by molar-refractivity contribution is 0.0698. The maximum absolute atomic E-state index is 12.1. The third-order valence-corrected chi connectivity index (χ3v) is 3.75. The lowest BCUT2D eigenvalue weighted by Gasteiger charge is -2.06. The van der Waals surface area contributed by atoms with Crippen LogP contribution in [0.15, 0.2) is 24.3 Å². The third kappa shape index (κ3) is 2.80. The summed E-state index contributed by atoms with van der Waals surface area (Å²) in [4.78, 5) is 23.9. The van der Waals surface area contributed by atoms with E-state index in [4.69, 9.17) is 5.11 Å². The molecule has 1 aromatic heterocycles. The SMILES string of the molecule is Cc1cc(C(=O)O)c(NC(=O)c2ccc(C)c(O)c2)s1. The molecule has 0 aliphatic rings. The minimum absolute atomic E-state index is 0.0264. The Hall–Kier alpha value is -2.34. The second-order valence-corrected chi connectivity index (χ2v) is 5.62. The van der Waals surface area contributed by atoms with Crippen LogP contribution in [-0.2, 0) is 0 Å². The van der Waals surface area contributed by atoms with Crippen LogP contribution in [0, 0.1) is 13.8 Å². The van der Waals surface area contributed by atoms with E-state index in [9.17, 15) is 14.7 Å². The summed E-state index contributed by atoms with van der Waals surface area (Å²) < 4.78 is 0. The molecule has 0 atom stereocenters. The molecule has 6 heteroatoms. The number of carboxylic acids is 1. The Labute approximate surface area is 119 Å². The number of phenols is 1. The van der Waals surface area contributed by atoms with Crippen LogP contribution in [0.2, 0.25) is 0 Å². The number of rotatable bonds is 3. The van der Waals surface area contributed by atoms with Crippen molar-refractivity contribution in [1.82, 2.24) is 0 Å². The number of carbonyl (C=O) groups excluding carboxylic acids is 1. The highest BCUT2D eigenvalue weighted by molar-refractivity contribution is 7.16. The van der Waals surface area contributed by atoms with E-state index >= 15 is 0 Å². The van der Waals surface area contributed by atoms with E-state index in [1.165, 1.54) is 23.5 Å². The predicted molar refractivity (Wildman–Crippen MR) is 76.8 cm³/mol. The zero-order valence-electron chi connectivity index (χ0n) is 10.9. The van der Waals surface area contributed by atoms with Crippen LogP contribution in [0.1, 0.15) is 31.2 Å². The maximum atomic E-state index is 12.1. The van der Waals surface area contributed by atoms with Gasteiger partial charge < -0.3 is 15.5 Å². The fraction of sp³-hybridized carbons (Fsp3) is 0.143. The zero-order valence-corrected chi connectivity index (χ0v) is 11.7. The van der Waals surface area contributed by atoms with E-state index in [0.29, 0.717) is 10.6 Å². The van der Waals surface area contributed by atoms with E-state index in [0.717, 1.165) is 4.88 Å². The number of carboxylic acid groups (broad SMARTS) is 1. The molecule has 5 nitrogen and oxygen atoms in total. The summed E-state index contributed by atoms with van der Waals surface area (Å²) in [6.07, 6.45) is 0. The number of anilines is 1. The first-order valence-electron chi connectivity index (χ1n) is 5.83. The Bertz CT molecular complexity index is 690. The molecule has 1 amide bonds. The number of aromatic hydroxyl groups is 1. The highest BCUT2D eigenvalue weighted by Crippen LogP contribution is 2.28. The minimum atomic E-state index is -1.09. The molecule has 1 heterocycles. The predicted octanol–water partition coefficient (Wildman–Crippen LogP) is 3.02. The van der Waals surface area contributed by atoms with Gasteiger partial charge in [0.2, 0.25) is 0 Å². The largest absolute Gasteiger partial charge is 0.508 e. The number of amides is 1. The lowest BCUT2D eigenvalue weighted by Crippen LogP contribution is -2.13. The molecule has 0 bridgehead atoms. The molecular formula is C14H13NO4S. The Morgan fingerprint density at radius 2 is 1.90 bits per heavy atom. The zero-order chi connectivity index (χ0) is 14.9. The van der Waals surface area contributed by atoms with Gasteiger partial charge in [0.25, 0.3) is 5.91 Å². The third-order valence-electron chi connectivity index (χ3n) is 2.78. The van der Waals surface area contributed by atoms with Crippen LogP contribution in [-0.4, -0.2) is 22.1 Å². The molecule has 20 heavy (non-hydrogen) atoms. The molecule has 0 spiro atoms. The van der Waals surface area contributed by atoms with E-state index in [1.807, 2.05) is 0 Å². The highest BCUT2D eigenvalue weighted by atomic mass is 32.1. The number of hydrogen-bond acceptors (Lipinski definition) is 4. The molecule has 0 aliphatic heterocycles. The summed E-state index contributed by atoms with van der Waals surface area (Å²) in [5, 5.41) is 21.5. The van der Waals surface area contributed by atoms with Gasteiger partial charge in [-0.3, -0.25) is 4.79 Å². The van der Waals surface area contributed by atoms with Gasteiger partial charge in [-0.25, -0.2) is 4.79 Å². The van der Waals surface area contributed by atoms with E-state index in [2.05, 4.69) is 5.32 Å². The summed E-state index contributed by atoms with van der Waals surface area (Å²) >= 11 is 1.20. The number of thiophene rings is 1. The number of nitrogens with one attached hydrogen (secondary N) is 1. The topological polar surface area (TPSA) is 86.6 Å². The number of phenolic OH excluding ortho intramolecular Hbond substituents is 1. The van der Waals surface area contributed by atoms with Crippen LogP contribution >= 0.6 is 11.3 Å². The van der Waals surface area contributed by atoms with Crippen molar-refractivity contribution in [2.45, 2.75) is 13.8 Å². The van der Waals surface area contributed by atoms with Crippen LogP contribution < -0.4 is 5.32 Å². The molecule has 0 saturated heterocycles. The molecule has 3 N–H and O–H groups in total. The number of benzene rings is 1. The molecule has 0 radical (unpaired) electrons. The quantitative estimate of drug-likeness (QED) is 0.811. The standard InChI is InChI=1S/C14H13NO4S/c1-7-3-4-9(6-11(7)16)12(17)15-13-10(14(18)19)5-8(2)20-13/h3-6,16H,1-2H3,(H,15,17)(H,18,19). The second-order valence-electron chi connectivity index (χ2n) is 4.36. The average Bonchev–Trinajstić information content (AvgIpc) is 2.73. The smallest absolute Gasteiger partial charge is 0.338 e. The Balaban J connectivity index is 2.27. The van der Waals surface area contributed by atoms with Gasteiger partial charge in [0.05, 0.1) is 5.56 Å². The Morgan fingerprint density at radius 3 is 2.50 bits per heavy atom. The van der Waals surface area contributed by atoms with Crippen molar-refractivity contribution in [3.8, 4) is 5.75 Å². The van der Waals surface area contributed by atoms with Gasteiger partial charge in [0.15, 0.2) is 0 Å². The minimum Gasteiger partial charge on any atom is -0.508 e. The normalized spacial score (nSPS) is 10.3. The van der Waals surface area contributed by atoms with Gasteiger partial charge in [0.1, 0.15) is 10.8 Å². The summed E-state index contributed by atoms with van der Waals surface area (Å²) in [6, 6.07) is 6.06. The van der Waals surface area contributed by atoms with Crippen molar-refractivity contribution >= 4 is 28.2 Å². The van der Waals surface area contributed by atoms with Gasteiger partial charge in [0, 0.05) is 10.4 Å². The molecule has 2 aromatic rings. The van der Waals surface area contributed by atoms with E-state index in [-0.39, 0.29) is 16.9 Å². The number of aryl methyl sites for hydroxylation is 2. The van der Waals surface area contributed by atoms with E-state index in [1.54, 1.807) is 26.0 Å². The number of carbonyl (C=O) groups is 2. The van der Waals surface area contributed by atoms with Crippen molar-refractivity contribution in [3.63, 3.8) is 0 Å². The number of hydrogen-bond donors (Lipinski definition) is 3. The number of aromatic carboxylic acids is 1. The summed E-state index contributed by atoms with van der Waals surface area (Å²) in [6.45, 7) is 3.49. The lowest BCUT2D eigenvalue weighted by atomic mass is 10.1. The fourth-order valence-corrected chi connectivity index (χ4v) is 2.59. The van der Waals surface area contributed by atoms with Crippen molar-refractivity contribution in [2.75, 3.05) is 5.32 Å². The molecule has 2 rings (SSSR count). The van der Waals surface area contributed by atoms with Crippen LogP contribution in [0.3, 0.4) is 0 Å². The van der Waals surface area contributed by atoms with Crippen LogP contribution in [0.4, 0.5) is 5.00 Å². The molecular weight excluding hydrogens is 278 g/mol. The van der Waals surface area contributed by atoms with Crippen molar-refractivity contribution in [2.24, 2.45) is 0 Å².